The number of nitriles is 2. The Morgan fingerprint density at radius 1 is 1.00 bits per heavy atom. The van der Waals surface area contributed by atoms with Crippen LogP contribution in [0.4, 0.5) is 0 Å². The Kier molecular flexibility index (Phi) is 7.81. The smallest absolute Gasteiger partial charge is 0.286 e. The van der Waals surface area contributed by atoms with Crippen LogP contribution in [-0.4, -0.2) is 6.61 Å². The molecule has 11 heavy (non-hydrogen) atoms. The highest BCUT2D eigenvalue weighted by Gasteiger charge is 1.89. The Morgan fingerprint density at radius 2 is 1.73 bits per heavy atom. The van der Waals surface area contributed by atoms with Crippen molar-refractivity contribution >= 4 is 0 Å². The van der Waals surface area contributed by atoms with E-state index in [1.165, 1.54) is 0 Å². The first-order chi connectivity index (χ1) is 5.41. The van der Waals surface area contributed by atoms with E-state index in [1.807, 2.05) is 0 Å². The van der Waals surface area contributed by atoms with Crippen LogP contribution in [0, 0.1) is 22.8 Å². The molecule has 0 fully saturated rings. The molecule has 0 aromatic rings. The number of hydrogen-bond donors (Lipinski definition) is 0. The van der Waals surface area contributed by atoms with Crippen LogP contribution in [-0.2, 0) is 4.74 Å². The van der Waals surface area contributed by atoms with Gasteiger partial charge < -0.3 is 4.74 Å². The maximum Gasteiger partial charge on any atom is 0.286 e. The van der Waals surface area contributed by atoms with Crippen LogP contribution >= 0.6 is 0 Å². The fraction of sp³-hybridized carbons (Fsp3) is 0.750. The van der Waals surface area contributed by atoms with Crippen LogP contribution in [0.2, 0.25) is 0 Å². The lowest BCUT2D eigenvalue weighted by atomic mass is 10.2. The zero-order valence-electron chi connectivity index (χ0n) is 6.55. The van der Waals surface area contributed by atoms with Gasteiger partial charge in [0.25, 0.3) is 6.26 Å². The van der Waals surface area contributed by atoms with Crippen molar-refractivity contribution in [3.05, 3.63) is 0 Å². The van der Waals surface area contributed by atoms with Crippen molar-refractivity contribution in [1.82, 2.24) is 0 Å². The predicted molar refractivity (Wildman–Crippen MR) is 40.3 cm³/mol. The van der Waals surface area contributed by atoms with Gasteiger partial charge in [0.1, 0.15) is 6.61 Å². The predicted octanol–water partition coefficient (Wildman–Crippen LogP) is 1.96. The summed E-state index contributed by atoms with van der Waals surface area (Å²) in [6.45, 7) is 0.517. The lowest BCUT2D eigenvalue weighted by molar-refractivity contribution is 0.260. The van der Waals surface area contributed by atoms with Gasteiger partial charge in [0.05, 0.1) is 6.07 Å². The molecule has 0 aliphatic rings. The van der Waals surface area contributed by atoms with E-state index in [2.05, 4.69) is 10.8 Å². The minimum atomic E-state index is 0.517. The van der Waals surface area contributed by atoms with Crippen LogP contribution in [0.25, 0.3) is 0 Å². The summed E-state index contributed by atoms with van der Waals surface area (Å²) in [5.41, 5.74) is 0. The molecule has 3 heteroatoms. The molecule has 0 bridgehead atoms. The minimum absolute atomic E-state index is 0.517. The van der Waals surface area contributed by atoms with Gasteiger partial charge in [-0.05, 0) is 19.3 Å². The van der Waals surface area contributed by atoms with E-state index in [4.69, 9.17) is 10.5 Å². The number of rotatable bonds is 6. The first kappa shape index (κ1) is 9.78. The molecule has 0 N–H and O–H groups in total. The Morgan fingerprint density at radius 3 is 2.36 bits per heavy atom. The summed E-state index contributed by atoms with van der Waals surface area (Å²) in [4.78, 5) is 0. The van der Waals surface area contributed by atoms with Crippen LogP contribution < -0.4 is 0 Å². The average molecular weight is 152 g/mol. The molecule has 0 aromatic carbocycles. The van der Waals surface area contributed by atoms with Gasteiger partial charge in [0.2, 0.25) is 0 Å². The molecule has 0 aromatic heterocycles. The molecule has 0 aliphatic heterocycles. The number of ether oxygens (including phenoxy) is 1. The second kappa shape index (κ2) is 8.78. The summed E-state index contributed by atoms with van der Waals surface area (Å²) < 4.78 is 4.48. The molecule has 0 radical (unpaired) electrons. The number of hydrogen-bond acceptors (Lipinski definition) is 3. The number of unbranched alkanes of at least 4 members (excludes halogenated alkanes) is 4. The van der Waals surface area contributed by atoms with Gasteiger partial charge in [-0.1, -0.05) is 6.42 Å². The molecule has 0 saturated heterocycles. The molecule has 3 nitrogen and oxygen atoms in total. The second-order valence-corrected chi connectivity index (χ2v) is 2.26. The van der Waals surface area contributed by atoms with Crippen molar-refractivity contribution in [2.45, 2.75) is 32.1 Å². The topological polar surface area (TPSA) is 56.8 Å². The fourth-order valence-corrected chi connectivity index (χ4v) is 0.777. The average Bonchev–Trinajstić information content (AvgIpc) is 2.03. The fourth-order valence-electron chi connectivity index (χ4n) is 0.777. The van der Waals surface area contributed by atoms with Crippen molar-refractivity contribution in [1.29, 1.82) is 10.5 Å². The zero-order valence-corrected chi connectivity index (χ0v) is 6.55. The van der Waals surface area contributed by atoms with E-state index in [1.54, 1.807) is 6.26 Å². The molecule has 0 spiro atoms. The second-order valence-electron chi connectivity index (χ2n) is 2.26. The van der Waals surface area contributed by atoms with Crippen molar-refractivity contribution in [2.24, 2.45) is 0 Å². The van der Waals surface area contributed by atoms with E-state index in [0.717, 1.165) is 25.7 Å². The van der Waals surface area contributed by atoms with E-state index in [9.17, 15) is 0 Å². The highest BCUT2D eigenvalue weighted by molar-refractivity contribution is 4.67. The highest BCUT2D eigenvalue weighted by atomic mass is 16.5. The molecule has 0 saturated carbocycles. The lowest BCUT2D eigenvalue weighted by Crippen LogP contribution is -1.87. The third-order valence-corrected chi connectivity index (χ3v) is 1.35. The van der Waals surface area contributed by atoms with Crippen molar-refractivity contribution in [2.75, 3.05) is 6.61 Å². The summed E-state index contributed by atoms with van der Waals surface area (Å²) in [6, 6.07) is 2.09. The van der Waals surface area contributed by atoms with Gasteiger partial charge in [-0.15, -0.1) is 0 Å². The third-order valence-electron chi connectivity index (χ3n) is 1.35. The first-order valence-electron chi connectivity index (χ1n) is 3.79. The van der Waals surface area contributed by atoms with Crippen LogP contribution in [0.3, 0.4) is 0 Å². The van der Waals surface area contributed by atoms with Gasteiger partial charge in [0, 0.05) is 6.42 Å². The largest absolute Gasteiger partial charge is 0.428 e. The van der Waals surface area contributed by atoms with Gasteiger partial charge >= 0.3 is 0 Å². The van der Waals surface area contributed by atoms with Crippen LogP contribution in [0.15, 0.2) is 0 Å². The van der Waals surface area contributed by atoms with Crippen LogP contribution in [0.5, 0.6) is 0 Å². The quantitative estimate of drug-likeness (QED) is 0.431. The SMILES string of the molecule is N#CCCCCCCOC#N. The molecule has 0 atom stereocenters. The molecular weight excluding hydrogens is 140 g/mol. The van der Waals surface area contributed by atoms with Gasteiger partial charge in [-0.3, -0.25) is 0 Å². The molecule has 0 amide bonds. The Labute approximate surface area is 67.2 Å². The molecular formula is C8H12N2O. The molecule has 0 unspecified atom stereocenters. The molecule has 60 valence electrons. The monoisotopic (exact) mass is 152 g/mol. The first-order valence-corrected chi connectivity index (χ1v) is 3.79. The van der Waals surface area contributed by atoms with Crippen molar-refractivity contribution in [3.63, 3.8) is 0 Å². The van der Waals surface area contributed by atoms with Crippen molar-refractivity contribution in [3.8, 4) is 12.3 Å². The van der Waals surface area contributed by atoms with Crippen molar-refractivity contribution < 1.29 is 4.74 Å². The molecule has 0 rings (SSSR count). The third kappa shape index (κ3) is 8.78. The molecule has 0 heterocycles. The Hall–Kier alpha value is -1.22. The normalized spacial score (nSPS) is 8.18. The Balaban J connectivity index is 2.82. The molecule has 0 aliphatic carbocycles. The maximum absolute atomic E-state index is 8.19. The lowest BCUT2D eigenvalue weighted by Gasteiger charge is -1.95. The van der Waals surface area contributed by atoms with Gasteiger partial charge in [-0.2, -0.15) is 10.5 Å². The maximum atomic E-state index is 8.19. The highest BCUT2D eigenvalue weighted by Crippen LogP contribution is 2.01. The summed E-state index contributed by atoms with van der Waals surface area (Å²) in [5, 5.41) is 16.2. The minimum Gasteiger partial charge on any atom is -0.428 e. The van der Waals surface area contributed by atoms with Gasteiger partial charge in [0.15, 0.2) is 0 Å². The summed E-state index contributed by atoms with van der Waals surface area (Å²) in [7, 11) is 0. The van der Waals surface area contributed by atoms with Gasteiger partial charge in [-0.25, -0.2) is 0 Å². The summed E-state index contributed by atoms with van der Waals surface area (Å²) in [5.74, 6) is 0. The standard InChI is InChI=1S/C8H12N2O/c9-6-4-2-1-3-5-7-11-8-10/h1-5,7H2. The zero-order chi connectivity index (χ0) is 8.36. The number of nitrogens with zero attached hydrogens (tertiary/aromatic N) is 2. The summed E-state index contributed by atoms with van der Waals surface area (Å²) >= 11 is 0. The van der Waals surface area contributed by atoms with E-state index >= 15 is 0 Å². The van der Waals surface area contributed by atoms with E-state index < -0.39 is 0 Å². The Bertz CT molecular complexity index is 136. The van der Waals surface area contributed by atoms with E-state index in [-0.39, 0.29) is 0 Å². The summed E-state index contributed by atoms with van der Waals surface area (Å²) in [6.07, 6.45) is 6.24. The van der Waals surface area contributed by atoms with E-state index in [0.29, 0.717) is 13.0 Å². The van der Waals surface area contributed by atoms with Crippen LogP contribution in [0.1, 0.15) is 32.1 Å².